The molecule has 10 nitrogen and oxygen atoms in total. The Labute approximate surface area is 209 Å². The molecule has 0 radical (unpaired) electrons. The molecule has 3 N–H and O–H groups in total. The van der Waals surface area contributed by atoms with Gasteiger partial charge in [0.25, 0.3) is 15.9 Å². The summed E-state index contributed by atoms with van der Waals surface area (Å²) in [5.41, 5.74) is 2.04. The summed E-state index contributed by atoms with van der Waals surface area (Å²) in [6, 6.07) is 11.6. The molecule has 1 fully saturated rings. The van der Waals surface area contributed by atoms with Crippen molar-refractivity contribution >= 4 is 43.2 Å². The predicted octanol–water partition coefficient (Wildman–Crippen LogP) is 2.90. The molecule has 0 bridgehead atoms. The van der Waals surface area contributed by atoms with Crippen LogP contribution in [0.2, 0.25) is 0 Å². The average molecular weight is 531 g/mol. The molecule has 36 heavy (non-hydrogen) atoms. The van der Waals surface area contributed by atoms with E-state index in [-0.39, 0.29) is 45.4 Å². The van der Waals surface area contributed by atoms with Crippen LogP contribution in [-0.4, -0.2) is 50.9 Å². The van der Waals surface area contributed by atoms with E-state index >= 15 is 0 Å². The number of carbonyl (C=O) groups excluding carboxylic acids is 1. The minimum Gasteiger partial charge on any atom is -0.511 e. The molecule has 5 rings (SSSR count). The molecule has 0 aromatic heterocycles. The van der Waals surface area contributed by atoms with Crippen molar-refractivity contribution in [1.29, 1.82) is 0 Å². The van der Waals surface area contributed by atoms with Gasteiger partial charge in [-0.05, 0) is 43.5 Å². The second-order valence-corrected chi connectivity index (χ2v) is 12.7. The number of nitrogens with zero attached hydrogens (tertiary/aromatic N) is 2. The quantitative estimate of drug-likeness (QED) is 0.539. The summed E-state index contributed by atoms with van der Waals surface area (Å²) in [6.45, 7) is 2.30. The zero-order valence-electron chi connectivity index (χ0n) is 19.7. The number of hydrogen-bond acceptors (Lipinski definition) is 7. The summed E-state index contributed by atoms with van der Waals surface area (Å²) in [7, 11) is -7.91. The number of sulfonamides is 2. The van der Waals surface area contributed by atoms with Crippen molar-refractivity contribution in [2.45, 2.75) is 43.7 Å². The van der Waals surface area contributed by atoms with E-state index in [9.17, 15) is 26.7 Å². The molecule has 0 saturated heterocycles. The average Bonchev–Trinajstić information content (AvgIpc) is 3.26. The summed E-state index contributed by atoms with van der Waals surface area (Å²) >= 11 is 0. The second kappa shape index (κ2) is 8.63. The van der Waals surface area contributed by atoms with E-state index in [4.69, 9.17) is 0 Å². The first-order chi connectivity index (χ1) is 16.9. The third kappa shape index (κ3) is 4.46. The van der Waals surface area contributed by atoms with Crippen molar-refractivity contribution in [3.63, 3.8) is 0 Å². The van der Waals surface area contributed by atoms with Gasteiger partial charge in [0, 0.05) is 24.2 Å². The van der Waals surface area contributed by atoms with Gasteiger partial charge in [0.05, 0.1) is 11.9 Å². The van der Waals surface area contributed by atoms with Gasteiger partial charge in [0.15, 0.2) is 5.84 Å². The number of amides is 1. The number of aliphatic hydroxyl groups excluding tert-OH is 1. The van der Waals surface area contributed by atoms with Crippen molar-refractivity contribution in [3.05, 3.63) is 64.9 Å². The van der Waals surface area contributed by atoms with Crippen LogP contribution in [0.1, 0.15) is 30.4 Å². The number of fused-ring (bicyclic) bond motifs is 2. The second-order valence-electron chi connectivity index (χ2n) is 9.41. The number of hydrogen-bond donors (Lipinski definition) is 3. The van der Waals surface area contributed by atoms with Gasteiger partial charge in [-0.25, -0.2) is 8.42 Å². The number of aryl methyl sites for hydroxylation is 1. The number of amidine groups is 1. The molecule has 12 heteroatoms. The molecule has 1 amide bonds. The zero-order chi connectivity index (χ0) is 25.8. The summed E-state index contributed by atoms with van der Waals surface area (Å²) in [4.78, 5) is 15.2. The minimum absolute atomic E-state index is 0.0641. The van der Waals surface area contributed by atoms with Gasteiger partial charge in [0.1, 0.15) is 16.2 Å². The Balaban J connectivity index is 1.54. The SMILES string of the molecule is Cc1cccc(CN2C(=O)C(C3=NS(=O)(=O)c4cc(NS(C)(=O)=O)ccc4N3)=C(O)[C@@H]3CCC[C@@H]32)c1. The van der Waals surface area contributed by atoms with Gasteiger partial charge in [-0.2, -0.15) is 8.42 Å². The van der Waals surface area contributed by atoms with Crippen molar-refractivity contribution in [2.75, 3.05) is 16.3 Å². The van der Waals surface area contributed by atoms with Crippen LogP contribution in [0.15, 0.2) is 63.1 Å². The number of carbonyl (C=O) groups is 1. The summed E-state index contributed by atoms with van der Waals surface area (Å²) in [6.07, 6.45) is 3.21. The van der Waals surface area contributed by atoms with E-state index in [0.29, 0.717) is 13.0 Å². The normalized spacial score (nSPS) is 23.0. The van der Waals surface area contributed by atoms with E-state index in [0.717, 1.165) is 36.3 Å². The third-order valence-electron chi connectivity index (χ3n) is 6.66. The number of aliphatic hydroxyl groups is 1. The van der Waals surface area contributed by atoms with Crippen LogP contribution in [-0.2, 0) is 31.4 Å². The molecular weight excluding hydrogens is 504 g/mol. The fourth-order valence-corrected chi connectivity index (χ4v) is 6.89. The van der Waals surface area contributed by atoms with Crippen LogP contribution >= 0.6 is 0 Å². The van der Waals surface area contributed by atoms with Crippen molar-refractivity contribution < 1.29 is 26.7 Å². The maximum absolute atomic E-state index is 13.7. The molecule has 2 aliphatic heterocycles. The topological polar surface area (TPSA) is 145 Å². The maximum Gasteiger partial charge on any atom is 0.286 e. The molecule has 2 aromatic carbocycles. The van der Waals surface area contributed by atoms with Crippen LogP contribution in [0.4, 0.5) is 11.4 Å². The number of anilines is 2. The van der Waals surface area contributed by atoms with Crippen LogP contribution in [0.5, 0.6) is 0 Å². The highest BCUT2D eigenvalue weighted by atomic mass is 32.2. The molecule has 2 heterocycles. The molecule has 3 aliphatic rings. The standard InChI is InChI=1S/C24H26N4O6S2/c1-14-5-3-6-15(11-14)13-28-19-8-4-7-17(19)22(29)21(24(28)30)23-25-18-10-9-16(26-35(2,31)32)12-20(18)36(33,34)27-23/h3,5-6,9-12,17,19,26,29H,4,7-8,13H2,1-2H3,(H,25,27)/t17-,19+/m1/s1. The van der Waals surface area contributed by atoms with Crippen LogP contribution < -0.4 is 10.0 Å². The Hall–Kier alpha value is -3.38. The molecule has 1 saturated carbocycles. The Morgan fingerprint density at radius 2 is 1.97 bits per heavy atom. The zero-order valence-corrected chi connectivity index (χ0v) is 21.4. The molecule has 0 unspecified atom stereocenters. The van der Waals surface area contributed by atoms with E-state index in [2.05, 4.69) is 14.4 Å². The predicted molar refractivity (Wildman–Crippen MR) is 136 cm³/mol. The summed E-state index contributed by atoms with van der Waals surface area (Å²) < 4.78 is 55.3. The lowest BCUT2D eigenvalue weighted by atomic mass is 9.89. The van der Waals surface area contributed by atoms with Gasteiger partial charge < -0.3 is 15.3 Å². The smallest absolute Gasteiger partial charge is 0.286 e. The molecule has 0 spiro atoms. The van der Waals surface area contributed by atoms with Crippen LogP contribution in [0.3, 0.4) is 0 Å². The highest BCUT2D eigenvalue weighted by molar-refractivity contribution is 7.92. The molecular formula is C24H26N4O6S2. The molecule has 190 valence electrons. The van der Waals surface area contributed by atoms with Crippen molar-refractivity contribution in [3.8, 4) is 0 Å². The van der Waals surface area contributed by atoms with Crippen molar-refractivity contribution in [1.82, 2.24) is 4.90 Å². The fourth-order valence-electron chi connectivity index (χ4n) is 5.18. The van der Waals surface area contributed by atoms with Gasteiger partial charge in [-0.3, -0.25) is 9.52 Å². The Morgan fingerprint density at radius 3 is 2.69 bits per heavy atom. The fraction of sp³-hybridized carbons (Fsp3) is 0.333. The third-order valence-corrected chi connectivity index (χ3v) is 8.58. The monoisotopic (exact) mass is 530 g/mol. The Kier molecular flexibility index (Phi) is 5.83. The first kappa shape index (κ1) is 24.3. The van der Waals surface area contributed by atoms with E-state index in [1.165, 1.54) is 12.1 Å². The first-order valence-electron chi connectivity index (χ1n) is 11.5. The van der Waals surface area contributed by atoms with Crippen molar-refractivity contribution in [2.24, 2.45) is 10.3 Å². The maximum atomic E-state index is 13.7. The lowest BCUT2D eigenvalue weighted by Gasteiger charge is -2.39. The largest absolute Gasteiger partial charge is 0.511 e. The molecule has 1 aliphatic carbocycles. The van der Waals surface area contributed by atoms with Gasteiger partial charge >= 0.3 is 0 Å². The van der Waals surface area contributed by atoms with Crippen LogP contribution in [0, 0.1) is 12.8 Å². The van der Waals surface area contributed by atoms with Gasteiger partial charge in [-0.1, -0.05) is 36.2 Å². The van der Waals surface area contributed by atoms with Crippen LogP contribution in [0.25, 0.3) is 0 Å². The van der Waals surface area contributed by atoms with Gasteiger partial charge in [-0.15, -0.1) is 4.40 Å². The van der Waals surface area contributed by atoms with E-state index < -0.39 is 26.0 Å². The van der Waals surface area contributed by atoms with E-state index in [1.54, 1.807) is 4.90 Å². The number of rotatable bonds is 5. The Bertz CT molecular complexity index is 1550. The molecule has 2 aromatic rings. The first-order valence-corrected chi connectivity index (χ1v) is 14.8. The van der Waals surface area contributed by atoms with E-state index in [1.807, 2.05) is 31.2 Å². The number of benzene rings is 2. The lowest BCUT2D eigenvalue weighted by molar-refractivity contribution is -0.132. The molecule has 2 atom stereocenters. The van der Waals surface area contributed by atoms with Gasteiger partial charge in [0.2, 0.25) is 10.0 Å². The highest BCUT2D eigenvalue weighted by Gasteiger charge is 2.46. The Morgan fingerprint density at radius 1 is 1.19 bits per heavy atom. The lowest BCUT2D eigenvalue weighted by Crippen LogP contribution is -2.49. The highest BCUT2D eigenvalue weighted by Crippen LogP contribution is 2.42. The number of nitrogens with one attached hydrogen (secondary N) is 2. The summed E-state index contributed by atoms with van der Waals surface area (Å²) in [5.74, 6) is -1.19. The summed E-state index contributed by atoms with van der Waals surface area (Å²) in [5, 5.41) is 14.0. The minimum atomic E-state index is -4.29.